The van der Waals surface area contributed by atoms with Gasteiger partial charge in [-0.1, -0.05) is 36.4 Å². The van der Waals surface area contributed by atoms with Crippen molar-refractivity contribution in [2.24, 2.45) is 5.41 Å². The minimum Gasteiger partial charge on any atom is -0.491 e. The average Bonchev–Trinajstić information content (AvgIpc) is 2.91. The van der Waals surface area contributed by atoms with Gasteiger partial charge in [-0.05, 0) is 81.6 Å². The van der Waals surface area contributed by atoms with Gasteiger partial charge < -0.3 is 14.4 Å². The Hall–Kier alpha value is -2.37. The summed E-state index contributed by atoms with van der Waals surface area (Å²) in [6.45, 7) is 6.46. The van der Waals surface area contributed by atoms with Crippen LogP contribution in [-0.2, 0) is 11.3 Å². The zero-order chi connectivity index (χ0) is 23.2. The van der Waals surface area contributed by atoms with E-state index in [1.807, 2.05) is 30.3 Å². The van der Waals surface area contributed by atoms with Gasteiger partial charge >= 0.3 is 0 Å². The molecule has 0 N–H and O–H groups in total. The van der Waals surface area contributed by atoms with Crippen molar-refractivity contribution in [2.45, 2.75) is 57.6 Å². The van der Waals surface area contributed by atoms with E-state index in [4.69, 9.17) is 9.47 Å². The van der Waals surface area contributed by atoms with E-state index in [9.17, 15) is 4.79 Å². The van der Waals surface area contributed by atoms with Crippen molar-refractivity contribution < 1.29 is 14.3 Å². The largest absolute Gasteiger partial charge is 0.491 e. The molecule has 34 heavy (non-hydrogen) atoms. The van der Waals surface area contributed by atoms with Crippen molar-refractivity contribution in [3.05, 3.63) is 65.7 Å². The highest BCUT2D eigenvalue weighted by molar-refractivity contribution is 5.94. The Balaban J connectivity index is 1.11. The predicted octanol–water partition coefficient (Wildman–Crippen LogP) is 5.15. The van der Waals surface area contributed by atoms with Gasteiger partial charge in [0.1, 0.15) is 12.4 Å². The molecule has 1 unspecified atom stereocenters. The average molecular weight is 463 g/mol. The molecule has 5 nitrogen and oxygen atoms in total. The highest BCUT2D eigenvalue weighted by Gasteiger charge is 2.38. The second kappa shape index (κ2) is 10.9. The maximum absolute atomic E-state index is 12.8. The second-order valence-electron chi connectivity index (χ2n) is 10.3. The number of piperidine rings is 2. The van der Waals surface area contributed by atoms with Crippen molar-refractivity contribution >= 4 is 5.91 Å². The Labute approximate surface area is 204 Å². The molecule has 3 aliphatic rings. The van der Waals surface area contributed by atoms with E-state index in [2.05, 4.69) is 34.1 Å². The van der Waals surface area contributed by atoms with Crippen molar-refractivity contribution in [1.82, 2.24) is 9.80 Å². The Morgan fingerprint density at radius 1 is 0.912 bits per heavy atom. The predicted molar refractivity (Wildman–Crippen MR) is 134 cm³/mol. The molecule has 0 radical (unpaired) electrons. The summed E-state index contributed by atoms with van der Waals surface area (Å²) in [6, 6.07) is 18.2. The summed E-state index contributed by atoms with van der Waals surface area (Å²) >= 11 is 0. The first-order chi connectivity index (χ1) is 16.7. The summed E-state index contributed by atoms with van der Waals surface area (Å²) in [4.78, 5) is 17.4. The molecular weight excluding hydrogens is 424 g/mol. The summed E-state index contributed by atoms with van der Waals surface area (Å²) in [5, 5.41) is 0. The van der Waals surface area contributed by atoms with Crippen molar-refractivity contribution in [3.8, 4) is 5.75 Å². The van der Waals surface area contributed by atoms with Crippen LogP contribution in [0.15, 0.2) is 54.6 Å². The van der Waals surface area contributed by atoms with Crippen molar-refractivity contribution in [1.29, 1.82) is 0 Å². The number of amides is 1. The number of benzene rings is 2. The van der Waals surface area contributed by atoms with Gasteiger partial charge in [-0.2, -0.15) is 0 Å². The van der Waals surface area contributed by atoms with Crippen LogP contribution < -0.4 is 4.74 Å². The molecule has 3 heterocycles. The summed E-state index contributed by atoms with van der Waals surface area (Å²) in [7, 11) is 0. The summed E-state index contributed by atoms with van der Waals surface area (Å²) in [5.74, 6) is 1.19. The molecule has 0 aliphatic carbocycles. The number of hydrogen-bond donors (Lipinski definition) is 0. The van der Waals surface area contributed by atoms with Gasteiger partial charge in [-0.15, -0.1) is 0 Å². The Kier molecular flexibility index (Phi) is 7.51. The van der Waals surface area contributed by atoms with E-state index >= 15 is 0 Å². The molecule has 3 aliphatic heterocycles. The molecule has 3 saturated heterocycles. The monoisotopic (exact) mass is 462 g/mol. The molecule has 182 valence electrons. The van der Waals surface area contributed by atoms with E-state index in [0.29, 0.717) is 12.0 Å². The lowest BCUT2D eigenvalue weighted by atomic mass is 9.71. The van der Waals surface area contributed by atoms with Crippen LogP contribution in [0.4, 0.5) is 0 Å². The SMILES string of the molecule is O=C(c1ccccc1)N1CCC2(CCN(Cc3ccccc3OCC3CCCCO3)CC2)CC1. The highest BCUT2D eigenvalue weighted by atomic mass is 16.5. The minimum atomic E-state index is 0.183. The highest BCUT2D eigenvalue weighted by Crippen LogP contribution is 2.42. The number of hydrogen-bond acceptors (Lipinski definition) is 4. The molecular formula is C29H38N2O3. The first-order valence-corrected chi connectivity index (χ1v) is 13.1. The summed E-state index contributed by atoms with van der Waals surface area (Å²) < 4.78 is 12.1. The molecule has 1 amide bonds. The smallest absolute Gasteiger partial charge is 0.253 e. The number of carbonyl (C=O) groups is 1. The molecule has 0 bridgehead atoms. The molecule has 5 rings (SSSR count). The van der Waals surface area contributed by atoms with Crippen LogP contribution in [0, 0.1) is 5.41 Å². The number of rotatable bonds is 6. The van der Waals surface area contributed by atoms with Crippen LogP contribution in [0.5, 0.6) is 5.75 Å². The van der Waals surface area contributed by atoms with E-state index < -0.39 is 0 Å². The maximum atomic E-state index is 12.8. The van der Waals surface area contributed by atoms with Crippen molar-refractivity contribution in [2.75, 3.05) is 39.4 Å². The maximum Gasteiger partial charge on any atom is 0.253 e. The zero-order valence-corrected chi connectivity index (χ0v) is 20.3. The molecule has 0 aromatic heterocycles. The standard InChI is InChI=1S/C29H38N2O3/c32-28(24-8-2-1-3-9-24)31-19-15-29(16-20-31)13-17-30(18-14-29)22-25-10-4-5-12-27(25)34-23-26-11-6-7-21-33-26/h1-5,8-10,12,26H,6-7,11,13-23H2. The molecule has 3 fully saturated rings. The van der Waals surface area contributed by atoms with E-state index in [-0.39, 0.29) is 12.0 Å². The van der Waals surface area contributed by atoms with Gasteiger partial charge in [0.2, 0.25) is 0 Å². The zero-order valence-electron chi connectivity index (χ0n) is 20.3. The van der Waals surface area contributed by atoms with E-state index in [0.717, 1.165) is 69.9 Å². The molecule has 2 aromatic carbocycles. The third-order valence-electron chi connectivity index (χ3n) is 8.11. The van der Waals surface area contributed by atoms with Gasteiger partial charge in [0.05, 0.1) is 6.10 Å². The lowest BCUT2D eigenvalue weighted by Gasteiger charge is -2.47. The van der Waals surface area contributed by atoms with E-state index in [1.54, 1.807) is 0 Å². The lowest BCUT2D eigenvalue weighted by Crippen LogP contribution is -2.48. The first-order valence-electron chi connectivity index (χ1n) is 13.1. The number of carbonyl (C=O) groups excluding carboxylic acids is 1. The van der Waals surface area contributed by atoms with Gasteiger partial charge in [-0.25, -0.2) is 0 Å². The quantitative estimate of drug-likeness (QED) is 0.595. The molecule has 5 heteroatoms. The van der Waals surface area contributed by atoms with Crippen molar-refractivity contribution in [3.63, 3.8) is 0 Å². The summed E-state index contributed by atoms with van der Waals surface area (Å²) in [6.07, 6.45) is 8.44. The molecule has 1 spiro atoms. The Bertz CT molecular complexity index is 923. The fourth-order valence-corrected chi connectivity index (χ4v) is 5.77. The van der Waals surface area contributed by atoms with Gasteiger partial charge in [0.25, 0.3) is 5.91 Å². The Morgan fingerprint density at radius 2 is 1.62 bits per heavy atom. The van der Waals surface area contributed by atoms with Crippen LogP contribution in [0.3, 0.4) is 0 Å². The number of nitrogens with zero attached hydrogens (tertiary/aromatic N) is 2. The molecule has 2 aromatic rings. The molecule has 1 atom stereocenters. The molecule has 0 saturated carbocycles. The third-order valence-corrected chi connectivity index (χ3v) is 8.11. The fourth-order valence-electron chi connectivity index (χ4n) is 5.77. The minimum absolute atomic E-state index is 0.183. The van der Waals surface area contributed by atoms with Crippen LogP contribution in [-0.4, -0.2) is 61.2 Å². The van der Waals surface area contributed by atoms with Crippen LogP contribution in [0.1, 0.15) is 60.9 Å². The fraction of sp³-hybridized carbons (Fsp3) is 0.552. The lowest BCUT2D eigenvalue weighted by molar-refractivity contribution is -0.0115. The normalized spacial score (nSPS) is 23.1. The van der Waals surface area contributed by atoms with E-state index in [1.165, 1.54) is 31.2 Å². The summed E-state index contributed by atoms with van der Waals surface area (Å²) in [5.41, 5.74) is 2.49. The number of para-hydroxylation sites is 1. The van der Waals surface area contributed by atoms with Crippen LogP contribution in [0.25, 0.3) is 0 Å². The van der Waals surface area contributed by atoms with Gasteiger partial charge in [-0.3, -0.25) is 9.69 Å². The third kappa shape index (κ3) is 5.64. The van der Waals surface area contributed by atoms with Gasteiger partial charge in [0, 0.05) is 37.4 Å². The second-order valence-corrected chi connectivity index (χ2v) is 10.3. The topological polar surface area (TPSA) is 42.0 Å². The van der Waals surface area contributed by atoms with Crippen LogP contribution >= 0.6 is 0 Å². The first kappa shape index (κ1) is 23.4. The number of ether oxygens (including phenoxy) is 2. The number of likely N-dealkylation sites (tertiary alicyclic amines) is 2. The Morgan fingerprint density at radius 3 is 2.35 bits per heavy atom. The van der Waals surface area contributed by atoms with Crippen LogP contribution in [0.2, 0.25) is 0 Å². The van der Waals surface area contributed by atoms with Gasteiger partial charge in [0.15, 0.2) is 0 Å².